The first-order valence-corrected chi connectivity index (χ1v) is 6.00. The van der Waals surface area contributed by atoms with Gasteiger partial charge in [-0.15, -0.1) is 0 Å². The van der Waals surface area contributed by atoms with Crippen molar-refractivity contribution < 1.29 is 19.3 Å². The zero-order valence-electron chi connectivity index (χ0n) is 10.6. The van der Waals surface area contributed by atoms with E-state index in [1.54, 1.807) is 6.07 Å². The lowest BCUT2D eigenvalue weighted by atomic mass is 9.97. The quantitative estimate of drug-likeness (QED) is 0.622. The van der Waals surface area contributed by atoms with Crippen LogP contribution < -0.4 is 5.73 Å². The minimum atomic E-state index is -2.02. The molecule has 2 aromatic rings. The number of ether oxygens (including phenoxy) is 1. The summed E-state index contributed by atoms with van der Waals surface area (Å²) in [5, 5.41) is 32.0. The molecule has 4 atom stereocenters. The molecular formula is C11H11FN6O3. The van der Waals surface area contributed by atoms with Crippen molar-refractivity contribution in [3.8, 4) is 6.07 Å². The van der Waals surface area contributed by atoms with Crippen molar-refractivity contribution in [2.45, 2.75) is 24.0 Å². The fourth-order valence-electron chi connectivity index (χ4n) is 2.31. The normalized spacial score (nSPS) is 32.4. The highest BCUT2D eigenvalue weighted by Gasteiger charge is 2.57. The molecule has 1 aliphatic rings. The Bertz CT molecular complexity index is 730. The summed E-state index contributed by atoms with van der Waals surface area (Å²) in [4.78, 5) is 7.71. The van der Waals surface area contributed by atoms with Gasteiger partial charge in [0.05, 0.1) is 18.5 Å². The Balaban J connectivity index is 2.08. The van der Waals surface area contributed by atoms with Gasteiger partial charge in [0.1, 0.15) is 24.6 Å². The summed E-state index contributed by atoms with van der Waals surface area (Å²) in [7, 11) is 0. The largest absolute Gasteiger partial charge is 0.392 e. The summed E-state index contributed by atoms with van der Waals surface area (Å²) >= 11 is 0. The molecule has 0 aromatic carbocycles. The molecule has 110 valence electrons. The lowest BCUT2D eigenvalue weighted by molar-refractivity contribution is -0.0746. The highest BCUT2D eigenvalue weighted by Crippen LogP contribution is 2.41. The average molecular weight is 294 g/mol. The second-order valence-corrected chi connectivity index (χ2v) is 4.65. The van der Waals surface area contributed by atoms with E-state index in [4.69, 9.17) is 15.7 Å². The van der Waals surface area contributed by atoms with E-state index in [1.165, 1.54) is 10.7 Å². The lowest BCUT2D eigenvalue weighted by Gasteiger charge is -2.20. The second-order valence-electron chi connectivity index (χ2n) is 4.65. The topological polar surface area (TPSA) is 143 Å². The first-order chi connectivity index (χ1) is 10.0. The van der Waals surface area contributed by atoms with Crippen molar-refractivity contribution in [3.63, 3.8) is 0 Å². The Labute approximate surface area is 117 Å². The van der Waals surface area contributed by atoms with Crippen molar-refractivity contribution in [3.05, 3.63) is 18.2 Å². The molecule has 21 heavy (non-hydrogen) atoms. The number of halogens is 1. The predicted molar refractivity (Wildman–Crippen MR) is 65.4 cm³/mol. The molecule has 1 saturated heterocycles. The monoisotopic (exact) mass is 294 g/mol. The van der Waals surface area contributed by atoms with Crippen LogP contribution in [0.3, 0.4) is 0 Å². The van der Waals surface area contributed by atoms with Gasteiger partial charge >= 0.3 is 0 Å². The molecule has 1 aliphatic heterocycles. The molecule has 4 N–H and O–H groups in total. The van der Waals surface area contributed by atoms with Gasteiger partial charge in [0.25, 0.3) is 0 Å². The highest BCUT2D eigenvalue weighted by molar-refractivity contribution is 5.58. The number of aliphatic hydroxyl groups is 2. The first kappa shape index (κ1) is 13.6. The third-order valence-electron chi connectivity index (χ3n) is 3.48. The summed E-state index contributed by atoms with van der Waals surface area (Å²) in [6.45, 7) is -0.838. The van der Waals surface area contributed by atoms with Crippen molar-refractivity contribution in [1.29, 1.82) is 5.26 Å². The van der Waals surface area contributed by atoms with E-state index in [0.29, 0.717) is 0 Å². The number of rotatable bonds is 2. The van der Waals surface area contributed by atoms with Gasteiger partial charge in [0.15, 0.2) is 17.6 Å². The maximum absolute atomic E-state index is 14.3. The van der Waals surface area contributed by atoms with Gasteiger partial charge in [-0.2, -0.15) is 10.4 Å². The van der Waals surface area contributed by atoms with Crippen LogP contribution in [-0.2, 0) is 4.74 Å². The zero-order valence-corrected chi connectivity index (χ0v) is 10.6. The Hall–Kier alpha value is -2.35. The van der Waals surface area contributed by atoms with Crippen molar-refractivity contribution in [2.24, 2.45) is 0 Å². The Morgan fingerprint density at radius 2 is 2.33 bits per heavy atom. The van der Waals surface area contributed by atoms with Gasteiger partial charge < -0.3 is 20.7 Å². The van der Waals surface area contributed by atoms with E-state index in [-0.39, 0.29) is 17.2 Å². The van der Waals surface area contributed by atoms with E-state index in [1.807, 2.05) is 0 Å². The van der Waals surface area contributed by atoms with Crippen molar-refractivity contribution in [2.75, 3.05) is 12.3 Å². The van der Waals surface area contributed by atoms with Crippen LogP contribution in [0.4, 0.5) is 10.2 Å². The molecule has 0 unspecified atom stereocenters. The molecule has 2 aromatic heterocycles. The van der Waals surface area contributed by atoms with Crippen LogP contribution >= 0.6 is 0 Å². The Morgan fingerprint density at radius 3 is 2.95 bits per heavy atom. The molecule has 0 aliphatic carbocycles. The number of fused-ring (bicyclic) bond motifs is 1. The number of nitrogens with zero attached hydrogens (tertiary/aromatic N) is 5. The molecular weight excluding hydrogens is 283 g/mol. The molecule has 0 saturated carbocycles. The van der Waals surface area contributed by atoms with E-state index < -0.39 is 30.6 Å². The van der Waals surface area contributed by atoms with Gasteiger partial charge in [-0.05, 0) is 0 Å². The summed E-state index contributed by atoms with van der Waals surface area (Å²) in [6.07, 6.45) is -2.59. The van der Waals surface area contributed by atoms with Gasteiger partial charge in [-0.1, -0.05) is 0 Å². The van der Waals surface area contributed by atoms with Gasteiger partial charge in [-0.25, -0.2) is 18.9 Å². The van der Waals surface area contributed by atoms with E-state index in [0.717, 1.165) is 6.33 Å². The average Bonchev–Trinajstić information content (AvgIpc) is 3.02. The standard InChI is InChI=1S/C11H11FN6O3/c12-6-7(21-11(2-13,3-19)8(6)20)5-1-15-10-9(14)16-4-17-18(5)10/h1,4,6-8,19-20H,3H2,(H2,14,16,17)/t6-,7-,8-,11+/m0/s1. The third kappa shape index (κ3) is 1.75. The Morgan fingerprint density at radius 1 is 1.57 bits per heavy atom. The third-order valence-corrected chi connectivity index (χ3v) is 3.48. The van der Waals surface area contributed by atoms with Crippen LogP contribution in [0.1, 0.15) is 11.8 Å². The molecule has 3 rings (SSSR count). The van der Waals surface area contributed by atoms with E-state index in [2.05, 4.69) is 15.1 Å². The van der Waals surface area contributed by atoms with Crippen LogP contribution in [-0.4, -0.2) is 54.3 Å². The molecule has 0 spiro atoms. The summed E-state index contributed by atoms with van der Waals surface area (Å²) in [5.74, 6) is 0.0962. The SMILES string of the molecule is N#C[C@]1(CO)O[C@@H](c2cnc3c(N)ncnn23)[C@H](F)[C@@H]1O. The van der Waals surface area contributed by atoms with Gasteiger partial charge in [0, 0.05) is 0 Å². The number of aliphatic hydroxyl groups excluding tert-OH is 2. The highest BCUT2D eigenvalue weighted by atomic mass is 19.1. The number of nitriles is 1. The van der Waals surface area contributed by atoms with Gasteiger partial charge in [0.2, 0.25) is 5.60 Å². The minimum Gasteiger partial charge on any atom is -0.392 e. The summed E-state index contributed by atoms with van der Waals surface area (Å²) in [6, 6.07) is 1.61. The minimum absolute atomic E-state index is 0.0962. The number of aromatic nitrogens is 4. The molecule has 1 fully saturated rings. The molecule has 10 heteroatoms. The van der Waals surface area contributed by atoms with Crippen molar-refractivity contribution in [1.82, 2.24) is 19.6 Å². The lowest BCUT2D eigenvalue weighted by Crippen LogP contribution is -2.44. The van der Waals surface area contributed by atoms with Crippen molar-refractivity contribution >= 4 is 11.5 Å². The van der Waals surface area contributed by atoms with Crippen LogP contribution in [0.25, 0.3) is 5.65 Å². The number of alkyl halides is 1. The number of nitrogens with two attached hydrogens (primary N) is 1. The Kier molecular flexibility index (Phi) is 2.98. The number of imidazole rings is 1. The fraction of sp³-hybridized carbons (Fsp3) is 0.455. The second kappa shape index (κ2) is 4.59. The smallest absolute Gasteiger partial charge is 0.206 e. The number of hydrogen-bond acceptors (Lipinski definition) is 8. The number of anilines is 1. The van der Waals surface area contributed by atoms with Crippen LogP contribution in [0.5, 0.6) is 0 Å². The molecule has 0 amide bonds. The van der Waals surface area contributed by atoms with Crippen LogP contribution in [0.15, 0.2) is 12.5 Å². The molecule has 0 bridgehead atoms. The maximum atomic E-state index is 14.3. The predicted octanol–water partition coefficient (Wildman–Crippen LogP) is -1.27. The zero-order chi connectivity index (χ0) is 15.2. The summed E-state index contributed by atoms with van der Waals surface area (Å²) < 4.78 is 20.8. The summed E-state index contributed by atoms with van der Waals surface area (Å²) in [5.41, 5.74) is 3.97. The number of hydrogen-bond donors (Lipinski definition) is 3. The first-order valence-electron chi connectivity index (χ1n) is 6.00. The van der Waals surface area contributed by atoms with E-state index in [9.17, 15) is 14.6 Å². The van der Waals surface area contributed by atoms with Crippen LogP contribution in [0.2, 0.25) is 0 Å². The maximum Gasteiger partial charge on any atom is 0.206 e. The number of nitrogen functional groups attached to an aromatic ring is 1. The van der Waals surface area contributed by atoms with Gasteiger partial charge in [-0.3, -0.25) is 0 Å². The van der Waals surface area contributed by atoms with Crippen LogP contribution in [0, 0.1) is 11.3 Å². The fourth-order valence-corrected chi connectivity index (χ4v) is 2.31. The molecule has 0 radical (unpaired) electrons. The molecule has 3 heterocycles. The molecule has 9 nitrogen and oxygen atoms in total. The van der Waals surface area contributed by atoms with E-state index >= 15 is 0 Å².